The van der Waals surface area contributed by atoms with E-state index in [1.54, 1.807) is 12.1 Å². The first-order valence-electron chi connectivity index (χ1n) is 11.8. The van der Waals surface area contributed by atoms with Crippen molar-refractivity contribution in [3.63, 3.8) is 0 Å². The van der Waals surface area contributed by atoms with Crippen molar-refractivity contribution in [3.05, 3.63) is 94.9 Å². The zero-order valence-corrected chi connectivity index (χ0v) is 20.7. The second-order valence-electron chi connectivity index (χ2n) is 8.66. The molecule has 1 aliphatic rings. The summed E-state index contributed by atoms with van der Waals surface area (Å²) in [5.74, 6) is 1.64. The molecule has 0 saturated carbocycles. The van der Waals surface area contributed by atoms with Crippen molar-refractivity contribution in [2.24, 2.45) is 5.10 Å². The lowest BCUT2D eigenvalue weighted by Crippen LogP contribution is -2.31. The monoisotopic (exact) mass is 568 g/mol. The van der Waals surface area contributed by atoms with E-state index in [1.807, 2.05) is 0 Å². The topological polar surface area (TPSA) is 101 Å². The molecule has 0 fully saturated rings. The Hall–Kier alpha value is -5.32. The Kier molecular flexibility index (Phi) is 7.34. The molecule has 2 aromatic heterocycles. The predicted molar refractivity (Wildman–Crippen MR) is 134 cm³/mol. The van der Waals surface area contributed by atoms with Gasteiger partial charge in [0.15, 0.2) is 5.65 Å². The van der Waals surface area contributed by atoms with Gasteiger partial charge in [0.25, 0.3) is 0 Å². The van der Waals surface area contributed by atoms with Crippen molar-refractivity contribution < 1.29 is 36.3 Å². The van der Waals surface area contributed by atoms with Crippen LogP contribution in [0.2, 0.25) is 0 Å². The van der Waals surface area contributed by atoms with Gasteiger partial charge in [-0.2, -0.15) is 23.4 Å². The Morgan fingerprint density at radius 2 is 1.85 bits per heavy atom. The second-order valence-corrected chi connectivity index (χ2v) is 8.66. The normalized spacial score (nSPS) is 14.6. The van der Waals surface area contributed by atoms with Crippen molar-refractivity contribution in [1.29, 1.82) is 0 Å². The SMILES string of the molecule is O=C(Nc1ccc(COC(=O)C(F)(F)F)c(C#Cc2cnc3cccnn23)c1)N1N=CC[C@H]1c1cc(F)cc(F)c1. The minimum absolute atomic E-state index is 0.127. The van der Waals surface area contributed by atoms with Crippen LogP contribution in [0.15, 0.2) is 66.0 Å². The fourth-order valence-corrected chi connectivity index (χ4v) is 4.00. The molecule has 3 heterocycles. The van der Waals surface area contributed by atoms with E-state index in [2.05, 4.69) is 37.1 Å². The van der Waals surface area contributed by atoms with E-state index in [9.17, 15) is 31.5 Å². The number of rotatable bonds is 4. The van der Waals surface area contributed by atoms with Crippen LogP contribution in [-0.4, -0.2) is 44.0 Å². The highest BCUT2D eigenvalue weighted by atomic mass is 19.4. The number of nitrogens with one attached hydrogen (secondary N) is 1. The van der Waals surface area contributed by atoms with E-state index in [0.29, 0.717) is 17.4 Å². The molecule has 208 valence electrons. The average molecular weight is 568 g/mol. The highest BCUT2D eigenvalue weighted by Crippen LogP contribution is 2.30. The highest BCUT2D eigenvalue weighted by molar-refractivity contribution is 5.91. The van der Waals surface area contributed by atoms with Crippen LogP contribution < -0.4 is 5.32 Å². The van der Waals surface area contributed by atoms with Crippen LogP contribution in [0.1, 0.15) is 34.8 Å². The van der Waals surface area contributed by atoms with Crippen molar-refractivity contribution in [2.45, 2.75) is 25.2 Å². The molecule has 41 heavy (non-hydrogen) atoms. The van der Waals surface area contributed by atoms with Crippen LogP contribution in [-0.2, 0) is 16.1 Å². The lowest BCUT2D eigenvalue weighted by Gasteiger charge is -2.23. The maximum atomic E-state index is 13.8. The number of anilines is 1. The minimum atomic E-state index is -5.18. The number of fused-ring (bicyclic) bond motifs is 1. The first-order valence-corrected chi connectivity index (χ1v) is 11.8. The molecule has 1 N–H and O–H groups in total. The van der Waals surface area contributed by atoms with Gasteiger partial charge in [0.2, 0.25) is 0 Å². The van der Waals surface area contributed by atoms with Crippen molar-refractivity contribution in [1.82, 2.24) is 19.6 Å². The Morgan fingerprint density at radius 3 is 2.61 bits per heavy atom. The number of aromatic nitrogens is 3. The number of ether oxygens (including phenoxy) is 1. The van der Waals surface area contributed by atoms with Gasteiger partial charge in [0.05, 0.1) is 12.2 Å². The Bertz CT molecular complexity index is 1720. The molecule has 1 atom stereocenters. The summed E-state index contributed by atoms with van der Waals surface area (Å²) >= 11 is 0. The number of benzene rings is 2. The molecule has 9 nitrogen and oxygen atoms in total. The summed E-state index contributed by atoms with van der Waals surface area (Å²) in [7, 11) is 0. The predicted octanol–water partition coefficient (Wildman–Crippen LogP) is 4.98. The third-order valence-electron chi connectivity index (χ3n) is 5.86. The molecule has 14 heteroatoms. The molecule has 0 saturated heterocycles. The van der Waals surface area contributed by atoms with Gasteiger partial charge in [-0.15, -0.1) is 0 Å². The van der Waals surface area contributed by atoms with Crippen LogP contribution in [0.25, 0.3) is 5.65 Å². The Morgan fingerprint density at radius 1 is 1.07 bits per heavy atom. The number of hydrogen-bond donors (Lipinski definition) is 1. The summed E-state index contributed by atoms with van der Waals surface area (Å²) < 4.78 is 71.4. The summed E-state index contributed by atoms with van der Waals surface area (Å²) in [6.45, 7) is -0.744. The van der Waals surface area contributed by atoms with E-state index < -0.39 is 42.5 Å². The van der Waals surface area contributed by atoms with E-state index in [4.69, 9.17) is 0 Å². The van der Waals surface area contributed by atoms with Crippen LogP contribution in [0.4, 0.5) is 32.4 Å². The summed E-state index contributed by atoms with van der Waals surface area (Å²) in [5.41, 5.74) is 1.51. The zero-order chi connectivity index (χ0) is 29.1. The number of urea groups is 1. The Balaban J connectivity index is 1.42. The van der Waals surface area contributed by atoms with Crippen molar-refractivity contribution in [2.75, 3.05) is 5.32 Å². The summed E-state index contributed by atoms with van der Waals surface area (Å²) in [4.78, 5) is 28.5. The van der Waals surface area contributed by atoms with Crippen LogP contribution in [0.5, 0.6) is 0 Å². The minimum Gasteiger partial charge on any atom is -0.454 e. The number of nitrogens with zero attached hydrogens (tertiary/aromatic N) is 5. The number of imidazole rings is 1. The van der Waals surface area contributed by atoms with E-state index in [0.717, 1.165) is 17.1 Å². The fourth-order valence-electron chi connectivity index (χ4n) is 4.00. The number of carbonyl (C=O) groups is 2. The third kappa shape index (κ3) is 6.14. The number of halogens is 5. The Labute approximate surface area is 228 Å². The zero-order valence-electron chi connectivity index (χ0n) is 20.7. The standard InChI is InChI=1S/C27H17F5N6O3/c28-19-10-18(11-20(29)13-19)23-7-9-35-38(23)26(40)36-21-5-3-17(15-41-25(39)27(30,31)32)16(12-21)4-6-22-14-33-24-2-1-8-34-37(22)24/h1-3,5,8-14,23H,7,15H2,(H,36,40)/t23-/m0/s1. The van der Waals surface area contributed by atoms with Crippen LogP contribution in [0.3, 0.4) is 0 Å². The van der Waals surface area contributed by atoms with E-state index in [-0.39, 0.29) is 28.8 Å². The molecule has 0 radical (unpaired) electrons. The average Bonchev–Trinajstić information content (AvgIpc) is 3.58. The van der Waals surface area contributed by atoms with Crippen molar-refractivity contribution in [3.8, 4) is 11.8 Å². The lowest BCUT2D eigenvalue weighted by atomic mass is 10.0. The van der Waals surface area contributed by atoms with Gasteiger partial charge < -0.3 is 10.1 Å². The molecule has 1 aliphatic heterocycles. The van der Waals surface area contributed by atoms with Crippen LogP contribution >= 0.6 is 0 Å². The summed E-state index contributed by atoms with van der Waals surface area (Å²) in [6, 6.07) is 8.84. The summed E-state index contributed by atoms with van der Waals surface area (Å²) in [5, 5.41) is 11.8. The molecular formula is C27H17F5N6O3. The third-order valence-corrected chi connectivity index (χ3v) is 5.86. The lowest BCUT2D eigenvalue weighted by molar-refractivity contribution is -0.201. The highest BCUT2D eigenvalue weighted by Gasteiger charge is 2.41. The molecule has 5 rings (SSSR count). The smallest absolute Gasteiger partial charge is 0.454 e. The number of esters is 1. The van der Waals surface area contributed by atoms with E-state index in [1.165, 1.54) is 41.3 Å². The van der Waals surface area contributed by atoms with Gasteiger partial charge in [0.1, 0.15) is 23.9 Å². The first-order chi connectivity index (χ1) is 19.6. The quantitative estimate of drug-likeness (QED) is 0.213. The van der Waals surface area contributed by atoms with E-state index >= 15 is 0 Å². The maximum absolute atomic E-state index is 13.8. The molecule has 0 spiro atoms. The van der Waals surface area contributed by atoms with Crippen LogP contribution in [0, 0.1) is 23.5 Å². The number of hydrazone groups is 1. The van der Waals surface area contributed by atoms with Gasteiger partial charge in [-0.25, -0.2) is 32.9 Å². The molecule has 0 aliphatic carbocycles. The molecular weight excluding hydrogens is 551 g/mol. The fraction of sp³-hybridized carbons (Fsp3) is 0.148. The summed E-state index contributed by atoms with van der Waals surface area (Å²) in [6.07, 6.45) is -0.579. The van der Waals surface area contributed by atoms with Gasteiger partial charge in [-0.05, 0) is 47.9 Å². The van der Waals surface area contributed by atoms with Gasteiger partial charge >= 0.3 is 18.2 Å². The molecule has 2 amide bonds. The van der Waals surface area contributed by atoms with Gasteiger partial charge in [-0.3, -0.25) is 0 Å². The van der Waals surface area contributed by atoms with Gasteiger partial charge in [-0.1, -0.05) is 12.0 Å². The number of carbonyl (C=O) groups excluding carboxylic acids is 2. The molecule has 0 bridgehead atoms. The second kappa shape index (κ2) is 11.0. The van der Waals surface area contributed by atoms with Gasteiger partial charge in [0, 0.05) is 41.7 Å². The largest absolute Gasteiger partial charge is 0.490 e. The first kappa shape index (κ1) is 27.3. The maximum Gasteiger partial charge on any atom is 0.490 e. The molecule has 4 aromatic rings. The number of amides is 2. The number of hydrogen-bond acceptors (Lipinski definition) is 6. The molecule has 2 aromatic carbocycles. The van der Waals surface area contributed by atoms with Crippen molar-refractivity contribution >= 4 is 29.5 Å². The number of alkyl halides is 3. The molecule has 0 unspecified atom stereocenters.